The molecule has 0 unspecified atom stereocenters. The van der Waals surface area contributed by atoms with E-state index in [1.165, 1.54) is 12.1 Å². The van der Waals surface area contributed by atoms with E-state index in [9.17, 15) is 15.3 Å². The Balaban J connectivity index is 1.79. The lowest BCUT2D eigenvalue weighted by Crippen LogP contribution is -2.02. The molecule has 8 nitrogen and oxygen atoms in total. The first-order valence-corrected chi connectivity index (χ1v) is 12.9. The Morgan fingerprint density at radius 2 is 0.974 bits per heavy atom. The van der Waals surface area contributed by atoms with Crippen molar-refractivity contribution in [3.05, 3.63) is 60.2 Å². The molecule has 0 radical (unpaired) electrons. The molecule has 1 aromatic heterocycles. The van der Waals surface area contributed by atoms with Crippen molar-refractivity contribution in [2.24, 2.45) is 0 Å². The second-order valence-corrected chi connectivity index (χ2v) is 9.09. The van der Waals surface area contributed by atoms with Crippen molar-refractivity contribution in [1.82, 2.24) is 15.0 Å². The molecule has 4 aromatic rings. The normalized spacial score (nSPS) is 10.9. The molecule has 0 fully saturated rings. The highest BCUT2D eigenvalue weighted by Crippen LogP contribution is 2.37. The van der Waals surface area contributed by atoms with Crippen LogP contribution in [-0.2, 0) is 0 Å². The number of unbranched alkanes of at least 4 members (excludes halogenated alkanes) is 2. The minimum absolute atomic E-state index is 0.0147. The van der Waals surface area contributed by atoms with Gasteiger partial charge < -0.3 is 24.8 Å². The average molecular weight is 516 g/mol. The number of hydrogen-bond donors (Lipinski definition) is 3. The van der Waals surface area contributed by atoms with Crippen molar-refractivity contribution in [3.8, 4) is 62.9 Å². The fourth-order valence-electron chi connectivity index (χ4n) is 3.82. The molecule has 198 valence electrons. The van der Waals surface area contributed by atoms with E-state index < -0.39 is 0 Å². The lowest BCUT2D eigenvalue weighted by atomic mass is 10.1. The quantitative estimate of drug-likeness (QED) is 0.190. The lowest BCUT2D eigenvalue weighted by molar-refractivity contribution is 0.307. The van der Waals surface area contributed by atoms with Gasteiger partial charge in [0.25, 0.3) is 0 Å². The molecule has 3 aromatic carbocycles. The summed E-state index contributed by atoms with van der Waals surface area (Å²) in [6.07, 6.45) is 3.83. The molecule has 0 atom stereocenters. The van der Waals surface area contributed by atoms with Crippen LogP contribution in [0.25, 0.3) is 34.2 Å². The van der Waals surface area contributed by atoms with Gasteiger partial charge in [0, 0.05) is 12.1 Å². The minimum atomic E-state index is -0.0564. The van der Waals surface area contributed by atoms with E-state index in [0.29, 0.717) is 41.4 Å². The minimum Gasteiger partial charge on any atom is -0.507 e. The van der Waals surface area contributed by atoms with Gasteiger partial charge in [0.2, 0.25) is 0 Å². The zero-order valence-corrected chi connectivity index (χ0v) is 21.9. The van der Waals surface area contributed by atoms with Gasteiger partial charge in [-0.05, 0) is 61.7 Å². The summed E-state index contributed by atoms with van der Waals surface area (Å²) < 4.78 is 11.4. The first kappa shape index (κ1) is 26.7. The third-order valence-electron chi connectivity index (χ3n) is 5.98. The third kappa shape index (κ3) is 6.32. The van der Waals surface area contributed by atoms with Crippen LogP contribution in [-0.4, -0.2) is 43.5 Å². The van der Waals surface area contributed by atoms with Crippen LogP contribution in [0.4, 0.5) is 0 Å². The van der Waals surface area contributed by atoms with Gasteiger partial charge in [0.1, 0.15) is 28.7 Å². The fraction of sp³-hybridized carbons (Fsp3) is 0.300. The number of nitrogens with zero attached hydrogens (tertiary/aromatic N) is 3. The molecule has 0 bridgehead atoms. The predicted octanol–water partition coefficient (Wildman–Crippen LogP) is 6.66. The number of hydrogen-bond acceptors (Lipinski definition) is 8. The van der Waals surface area contributed by atoms with Gasteiger partial charge in [0.05, 0.1) is 29.9 Å². The summed E-state index contributed by atoms with van der Waals surface area (Å²) in [7, 11) is 0. The molecule has 0 aliphatic carbocycles. The van der Waals surface area contributed by atoms with Crippen LogP contribution in [0.5, 0.6) is 28.7 Å². The standard InChI is InChI=1S/C30H33N3O5/c1-4-6-14-37-20-9-12-23(26(35)17-20)29-31-28(22-11-8-19(3)16-25(22)34)32-30(33-29)24-13-10-21(18-27(24)36)38-15-7-5-2/h8-13,16-18,34-36H,4-7,14-15H2,1-3H3. The molecule has 8 heteroatoms. The van der Waals surface area contributed by atoms with Crippen LogP contribution in [0.15, 0.2) is 54.6 Å². The summed E-state index contributed by atoms with van der Waals surface area (Å²) in [4.78, 5) is 13.7. The summed E-state index contributed by atoms with van der Waals surface area (Å²) in [5.74, 6) is 1.56. The van der Waals surface area contributed by atoms with Crippen molar-refractivity contribution in [1.29, 1.82) is 0 Å². The first-order valence-electron chi connectivity index (χ1n) is 12.9. The summed E-state index contributed by atoms with van der Waals surface area (Å²) in [6.45, 7) is 7.14. The Morgan fingerprint density at radius 1 is 0.579 bits per heavy atom. The van der Waals surface area contributed by atoms with Crippen LogP contribution in [0.1, 0.15) is 45.1 Å². The summed E-state index contributed by atoms with van der Waals surface area (Å²) >= 11 is 0. The Bertz CT molecular complexity index is 1330. The number of phenolic OH excluding ortho intramolecular Hbond substituents is 3. The van der Waals surface area contributed by atoms with Crippen LogP contribution in [0.2, 0.25) is 0 Å². The summed E-state index contributed by atoms with van der Waals surface area (Å²) in [5.41, 5.74) is 2.01. The lowest BCUT2D eigenvalue weighted by Gasteiger charge is -2.13. The number of benzene rings is 3. The van der Waals surface area contributed by atoms with E-state index in [1.54, 1.807) is 36.4 Å². The van der Waals surface area contributed by atoms with Crippen molar-refractivity contribution in [2.45, 2.75) is 46.5 Å². The summed E-state index contributed by atoms with van der Waals surface area (Å²) in [6, 6.07) is 15.1. The monoisotopic (exact) mass is 515 g/mol. The van der Waals surface area contributed by atoms with Gasteiger partial charge in [-0.2, -0.15) is 0 Å². The predicted molar refractivity (Wildman–Crippen MR) is 147 cm³/mol. The largest absolute Gasteiger partial charge is 0.507 e. The maximum Gasteiger partial charge on any atom is 0.167 e. The zero-order valence-electron chi connectivity index (χ0n) is 21.9. The Kier molecular flexibility index (Phi) is 8.63. The van der Waals surface area contributed by atoms with Gasteiger partial charge in [-0.25, -0.2) is 15.0 Å². The molecule has 1 heterocycles. The molecular weight excluding hydrogens is 482 g/mol. The van der Waals surface area contributed by atoms with E-state index >= 15 is 0 Å². The number of ether oxygens (including phenoxy) is 2. The first-order chi connectivity index (χ1) is 18.4. The van der Waals surface area contributed by atoms with Crippen molar-refractivity contribution >= 4 is 0 Å². The number of aromatic hydroxyl groups is 3. The van der Waals surface area contributed by atoms with Gasteiger partial charge in [0.15, 0.2) is 17.5 Å². The maximum absolute atomic E-state index is 10.8. The van der Waals surface area contributed by atoms with Gasteiger partial charge in [-0.15, -0.1) is 0 Å². The number of aromatic nitrogens is 3. The summed E-state index contributed by atoms with van der Waals surface area (Å²) in [5, 5.41) is 32.2. The van der Waals surface area contributed by atoms with E-state index in [2.05, 4.69) is 28.8 Å². The molecule has 0 spiro atoms. The molecule has 0 aliphatic heterocycles. The number of aryl methyl sites for hydroxylation is 1. The van der Waals surface area contributed by atoms with Gasteiger partial charge in [-0.1, -0.05) is 32.8 Å². The zero-order chi connectivity index (χ0) is 27.1. The van der Waals surface area contributed by atoms with Gasteiger partial charge >= 0.3 is 0 Å². The molecule has 38 heavy (non-hydrogen) atoms. The highest BCUT2D eigenvalue weighted by atomic mass is 16.5. The van der Waals surface area contributed by atoms with E-state index in [4.69, 9.17) is 9.47 Å². The Labute approximate surface area is 222 Å². The molecule has 0 aliphatic rings. The van der Waals surface area contributed by atoms with Crippen LogP contribution >= 0.6 is 0 Å². The second-order valence-electron chi connectivity index (χ2n) is 9.09. The molecular formula is C30H33N3O5. The molecule has 3 N–H and O–H groups in total. The van der Waals surface area contributed by atoms with Crippen molar-refractivity contribution < 1.29 is 24.8 Å². The third-order valence-corrected chi connectivity index (χ3v) is 5.98. The Morgan fingerprint density at radius 3 is 1.34 bits per heavy atom. The average Bonchev–Trinajstić information content (AvgIpc) is 2.89. The maximum atomic E-state index is 10.8. The van der Waals surface area contributed by atoms with Crippen LogP contribution < -0.4 is 9.47 Å². The van der Waals surface area contributed by atoms with Crippen molar-refractivity contribution in [3.63, 3.8) is 0 Å². The highest BCUT2D eigenvalue weighted by Gasteiger charge is 2.19. The van der Waals surface area contributed by atoms with E-state index in [1.807, 2.05) is 13.0 Å². The molecule has 0 saturated carbocycles. The second kappa shape index (κ2) is 12.3. The van der Waals surface area contributed by atoms with Crippen molar-refractivity contribution in [2.75, 3.05) is 13.2 Å². The molecule has 0 saturated heterocycles. The topological polar surface area (TPSA) is 118 Å². The Hall–Kier alpha value is -4.33. The SMILES string of the molecule is CCCCOc1ccc(-c2nc(-c3ccc(C)cc3O)nc(-c3ccc(OCCCC)cc3O)n2)c(O)c1. The smallest absolute Gasteiger partial charge is 0.167 e. The highest BCUT2D eigenvalue weighted by molar-refractivity contribution is 5.74. The fourth-order valence-corrected chi connectivity index (χ4v) is 3.82. The molecule has 4 rings (SSSR count). The van der Waals surface area contributed by atoms with Crippen LogP contribution in [0, 0.1) is 6.92 Å². The number of rotatable bonds is 11. The molecule has 0 amide bonds. The van der Waals surface area contributed by atoms with E-state index in [0.717, 1.165) is 31.2 Å². The van der Waals surface area contributed by atoms with Crippen LogP contribution in [0.3, 0.4) is 0 Å². The number of phenols is 3. The van der Waals surface area contributed by atoms with E-state index in [-0.39, 0.29) is 34.7 Å². The van der Waals surface area contributed by atoms with Gasteiger partial charge in [-0.3, -0.25) is 0 Å².